The lowest BCUT2D eigenvalue weighted by atomic mass is 10.0. The third kappa shape index (κ3) is 5.67. The number of carbonyl (C=O) groups is 1. The number of ether oxygens (including phenoxy) is 1. The normalized spacial score (nSPS) is 13.1. The third-order valence-electron chi connectivity index (χ3n) is 4.06. The van der Waals surface area contributed by atoms with Crippen LogP contribution in [0.15, 0.2) is 30.6 Å². The van der Waals surface area contributed by atoms with Gasteiger partial charge in [-0.3, -0.25) is 0 Å². The van der Waals surface area contributed by atoms with Gasteiger partial charge in [0.15, 0.2) is 5.82 Å². The van der Waals surface area contributed by atoms with Crippen molar-refractivity contribution < 1.29 is 22.7 Å². The van der Waals surface area contributed by atoms with Gasteiger partial charge >= 0.3 is 12.1 Å². The van der Waals surface area contributed by atoms with Crippen LogP contribution in [0.4, 0.5) is 13.2 Å². The first kappa shape index (κ1) is 20.7. The van der Waals surface area contributed by atoms with E-state index < -0.39 is 17.7 Å². The minimum Gasteiger partial charge on any atom is -0.463 e. The fraction of sp³-hybridized carbons (Fsp3) is 0.421. The molecule has 27 heavy (non-hydrogen) atoms. The molecular formula is C19H22F3N3O2. The van der Waals surface area contributed by atoms with Crippen LogP contribution >= 0.6 is 0 Å². The van der Waals surface area contributed by atoms with E-state index in [2.05, 4.69) is 23.9 Å². The maximum Gasteiger partial charge on any atom is 0.417 e. The molecule has 0 spiro atoms. The number of halogens is 3. The lowest BCUT2D eigenvalue weighted by Crippen LogP contribution is -2.07. The van der Waals surface area contributed by atoms with E-state index in [4.69, 9.17) is 4.74 Å². The summed E-state index contributed by atoms with van der Waals surface area (Å²) in [6.45, 7) is 6.13. The van der Waals surface area contributed by atoms with Gasteiger partial charge in [-0.2, -0.15) is 18.3 Å². The minimum absolute atomic E-state index is 0.268. The Bertz CT molecular complexity index is 796. The zero-order valence-corrected chi connectivity index (χ0v) is 15.5. The number of hydrogen-bond acceptors (Lipinski definition) is 4. The number of alkyl halides is 3. The van der Waals surface area contributed by atoms with Crippen LogP contribution in [0, 0.1) is 5.92 Å². The van der Waals surface area contributed by atoms with Crippen molar-refractivity contribution in [3.05, 3.63) is 47.4 Å². The Morgan fingerprint density at radius 1 is 1.33 bits per heavy atom. The summed E-state index contributed by atoms with van der Waals surface area (Å²) in [7, 11) is 0. The van der Waals surface area contributed by atoms with E-state index >= 15 is 0 Å². The Morgan fingerprint density at radius 2 is 2.07 bits per heavy atom. The highest BCUT2D eigenvalue weighted by Gasteiger charge is 2.30. The summed E-state index contributed by atoms with van der Waals surface area (Å²) in [6, 6.07) is 2.23. The maximum atomic E-state index is 12.7. The minimum atomic E-state index is -4.44. The second kappa shape index (κ2) is 8.83. The topological polar surface area (TPSA) is 57.0 Å². The van der Waals surface area contributed by atoms with Crippen molar-refractivity contribution in [3.63, 3.8) is 0 Å². The molecule has 0 aliphatic carbocycles. The molecular weight excluding hydrogens is 359 g/mol. The van der Waals surface area contributed by atoms with Crippen LogP contribution in [0.1, 0.15) is 44.0 Å². The zero-order chi connectivity index (χ0) is 20.0. The molecule has 146 valence electrons. The Labute approximate surface area is 155 Å². The molecule has 8 heteroatoms. The van der Waals surface area contributed by atoms with Crippen molar-refractivity contribution in [3.8, 4) is 5.82 Å². The number of pyridine rings is 1. The molecule has 1 unspecified atom stereocenters. The Morgan fingerprint density at radius 3 is 2.63 bits per heavy atom. The first-order valence-corrected chi connectivity index (χ1v) is 8.71. The molecule has 0 bridgehead atoms. The van der Waals surface area contributed by atoms with Gasteiger partial charge in [0, 0.05) is 24.0 Å². The van der Waals surface area contributed by atoms with E-state index in [1.165, 1.54) is 16.8 Å². The summed E-state index contributed by atoms with van der Waals surface area (Å²) in [5.41, 5.74) is 0.623. The van der Waals surface area contributed by atoms with Gasteiger partial charge in [-0.25, -0.2) is 14.5 Å². The smallest absolute Gasteiger partial charge is 0.417 e. The molecule has 0 N–H and O–H groups in total. The molecule has 2 aromatic heterocycles. The summed E-state index contributed by atoms with van der Waals surface area (Å²) in [5, 5.41) is 4.45. The average Bonchev–Trinajstić information content (AvgIpc) is 3.02. The van der Waals surface area contributed by atoms with E-state index in [0.29, 0.717) is 17.9 Å². The van der Waals surface area contributed by atoms with Crippen molar-refractivity contribution in [1.82, 2.24) is 14.8 Å². The predicted octanol–water partition coefficient (Wildman–Crippen LogP) is 4.45. The monoisotopic (exact) mass is 381 g/mol. The molecule has 2 heterocycles. The Kier molecular flexibility index (Phi) is 6.76. The van der Waals surface area contributed by atoms with Crippen LogP contribution in [0.3, 0.4) is 0 Å². The molecule has 2 aromatic rings. The molecule has 0 aliphatic heterocycles. The van der Waals surface area contributed by atoms with Gasteiger partial charge in [-0.05, 0) is 37.5 Å². The molecule has 0 saturated heterocycles. The fourth-order valence-corrected chi connectivity index (χ4v) is 2.35. The van der Waals surface area contributed by atoms with E-state index in [-0.39, 0.29) is 12.4 Å². The largest absolute Gasteiger partial charge is 0.463 e. The van der Waals surface area contributed by atoms with Crippen molar-refractivity contribution in [2.45, 2.75) is 39.8 Å². The van der Waals surface area contributed by atoms with Crippen LogP contribution in [-0.2, 0) is 22.1 Å². The number of nitrogens with zero attached hydrogens (tertiary/aromatic N) is 3. The van der Waals surface area contributed by atoms with Crippen LogP contribution in [0.2, 0.25) is 0 Å². The second-order valence-electron chi connectivity index (χ2n) is 6.18. The van der Waals surface area contributed by atoms with Gasteiger partial charge in [-0.15, -0.1) is 0 Å². The van der Waals surface area contributed by atoms with Crippen molar-refractivity contribution in [2.75, 3.05) is 6.61 Å². The quantitative estimate of drug-likeness (QED) is 0.525. The van der Waals surface area contributed by atoms with Gasteiger partial charge in [-0.1, -0.05) is 20.3 Å². The van der Waals surface area contributed by atoms with Crippen LogP contribution < -0.4 is 0 Å². The Balaban J connectivity index is 2.34. The van der Waals surface area contributed by atoms with Gasteiger partial charge in [0.25, 0.3) is 0 Å². The van der Waals surface area contributed by atoms with Gasteiger partial charge < -0.3 is 4.74 Å². The number of carbonyl (C=O) groups excluding carboxylic acids is 1. The van der Waals surface area contributed by atoms with Gasteiger partial charge in [0.05, 0.1) is 17.9 Å². The number of rotatable bonds is 7. The highest BCUT2D eigenvalue weighted by Crippen LogP contribution is 2.28. The number of aromatic nitrogens is 3. The number of esters is 1. The zero-order valence-electron chi connectivity index (χ0n) is 15.5. The summed E-state index contributed by atoms with van der Waals surface area (Å²) in [4.78, 5) is 15.4. The van der Waals surface area contributed by atoms with E-state index in [1.807, 2.05) is 0 Å². The fourth-order valence-electron chi connectivity index (χ4n) is 2.35. The Hall–Kier alpha value is -2.64. The lowest BCUT2D eigenvalue weighted by molar-refractivity contribution is -0.138. The summed E-state index contributed by atoms with van der Waals surface area (Å²) in [5.74, 6) is 0.167. The molecule has 0 fully saturated rings. The molecule has 0 amide bonds. The third-order valence-corrected chi connectivity index (χ3v) is 4.06. The SMILES string of the molecule is CCOC(=O)/C=C/c1cn(-c2ccc(C(F)(F)F)cn2)nc1CC(C)CC. The molecule has 0 radical (unpaired) electrons. The summed E-state index contributed by atoms with van der Waals surface area (Å²) < 4.78 is 44.4. The predicted molar refractivity (Wildman–Crippen MR) is 95.2 cm³/mol. The van der Waals surface area contributed by atoms with E-state index in [0.717, 1.165) is 24.4 Å². The molecule has 0 saturated carbocycles. The van der Waals surface area contributed by atoms with Crippen LogP contribution in [-0.4, -0.2) is 27.3 Å². The molecule has 0 aromatic carbocycles. The van der Waals surface area contributed by atoms with Crippen LogP contribution in [0.25, 0.3) is 11.9 Å². The lowest BCUT2D eigenvalue weighted by Gasteiger charge is -2.07. The second-order valence-corrected chi connectivity index (χ2v) is 6.18. The first-order chi connectivity index (χ1) is 12.7. The first-order valence-electron chi connectivity index (χ1n) is 8.71. The molecule has 2 rings (SSSR count). The van der Waals surface area contributed by atoms with Gasteiger partial charge in [0.2, 0.25) is 0 Å². The molecule has 1 atom stereocenters. The molecule has 5 nitrogen and oxygen atoms in total. The van der Waals surface area contributed by atoms with Crippen molar-refractivity contribution in [1.29, 1.82) is 0 Å². The van der Waals surface area contributed by atoms with Crippen molar-refractivity contribution in [2.24, 2.45) is 5.92 Å². The summed E-state index contributed by atoms with van der Waals surface area (Å²) in [6.07, 6.45) is 2.51. The molecule has 0 aliphatic rings. The highest BCUT2D eigenvalue weighted by atomic mass is 19.4. The van der Waals surface area contributed by atoms with Gasteiger partial charge in [0.1, 0.15) is 0 Å². The van der Waals surface area contributed by atoms with E-state index in [9.17, 15) is 18.0 Å². The van der Waals surface area contributed by atoms with Crippen molar-refractivity contribution >= 4 is 12.0 Å². The maximum absolute atomic E-state index is 12.7. The number of hydrogen-bond donors (Lipinski definition) is 0. The average molecular weight is 381 g/mol. The summed E-state index contributed by atoms with van der Waals surface area (Å²) >= 11 is 0. The standard InChI is InChI=1S/C19H22F3N3O2/c1-4-13(3)10-16-14(6-9-18(26)27-5-2)12-25(24-16)17-8-7-15(11-23-17)19(20,21)22/h6-9,11-13H,4-5,10H2,1-3H3/b9-6+. The highest BCUT2D eigenvalue weighted by molar-refractivity contribution is 5.87. The van der Waals surface area contributed by atoms with Crippen LogP contribution in [0.5, 0.6) is 0 Å². The van der Waals surface area contributed by atoms with E-state index in [1.54, 1.807) is 19.2 Å².